The Balaban J connectivity index is 1.64. The van der Waals surface area contributed by atoms with E-state index in [2.05, 4.69) is 10.1 Å². The molecule has 0 N–H and O–H groups in total. The molecule has 24 heavy (non-hydrogen) atoms. The number of alkyl halides is 1. The predicted molar refractivity (Wildman–Crippen MR) is 81.2 cm³/mol. The van der Waals surface area contributed by atoms with Crippen LogP contribution in [0.25, 0.3) is 0 Å². The van der Waals surface area contributed by atoms with E-state index in [0.717, 1.165) is 0 Å². The summed E-state index contributed by atoms with van der Waals surface area (Å²) in [6.45, 7) is 2.76. The van der Waals surface area contributed by atoms with Crippen LogP contribution in [0.1, 0.15) is 40.7 Å². The Morgan fingerprint density at radius 1 is 1.46 bits per heavy atom. The number of piperidine rings is 1. The first-order chi connectivity index (χ1) is 11.5. The van der Waals surface area contributed by atoms with Crippen molar-refractivity contribution in [1.29, 1.82) is 0 Å². The molecular weight excluding hydrogens is 317 g/mol. The first-order valence-corrected chi connectivity index (χ1v) is 7.88. The molecule has 0 spiro atoms. The summed E-state index contributed by atoms with van der Waals surface area (Å²) < 4.78 is 30.3. The normalized spacial score (nSPS) is 17.2. The molecule has 1 amide bonds. The van der Waals surface area contributed by atoms with Crippen molar-refractivity contribution >= 4 is 5.91 Å². The van der Waals surface area contributed by atoms with Crippen molar-refractivity contribution in [2.75, 3.05) is 26.8 Å². The third-order valence-corrected chi connectivity index (χ3v) is 4.31. The topological polar surface area (TPSA) is 81.6 Å². The fraction of sp³-hybridized carbons (Fsp3) is 0.562. The number of ether oxygens (including phenoxy) is 1. The summed E-state index contributed by atoms with van der Waals surface area (Å²) in [5.74, 6) is 0.836. The second-order valence-electron chi connectivity index (χ2n) is 5.91. The van der Waals surface area contributed by atoms with Crippen molar-refractivity contribution in [1.82, 2.24) is 15.0 Å². The SMILES string of the molecule is COCCc1noc(C2(F)CCN(C(=O)c3ccoc3C)CC2)n1. The number of amides is 1. The Hall–Kier alpha value is -2.22. The van der Waals surface area contributed by atoms with E-state index in [0.29, 0.717) is 30.2 Å². The monoisotopic (exact) mass is 337 g/mol. The van der Waals surface area contributed by atoms with E-state index >= 15 is 4.39 Å². The molecule has 0 radical (unpaired) electrons. The zero-order chi connectivity index (χ0) is 17.2. The van der Waals surface area contributed by atoms with Gasteiger partial charge in [0.1, 0.15) is 5.76 Å². The van der Waals surface area contributed by atoms with Gasteiger partial charge in [0.15, 0.2) is 11.5 Å². The molecule has 8 heteroatoms. The van der Waals surface area contributed by atoms with Crippen molar-refractivity contribution in [3.05, 3.63) is 35.4 Å². The Morgan fingerprint density at radius 2 is 2.21 bits per heavy atom. The number of methoxy groups -OCH3 is 1. The molecule has 7 nitrogen and oxygen atoms in total. The third-order valence-electron chi connectivity index (χ3n) is 4.31. The van der Waals surface area contributed by atoms with Crippen molar-refractivity contribution < 1.29 is 22.9 Å². The number of aromatic nitrogens is 2. The average Bonchev–Trinajstić information content (AvgIpc) is 3.22. The van der Waals surface area contributed by atoms with Gasteiger partial charge in [-0.05, 0) is 13.0 Å². The van der Waals surface area contributed by atoms with Gasteiger partial charge in [-0.1, -0.05) is 5.16 Å². The van der Waals surface area contributed by atoms with Crippen LogP contribution in [0.2, 0.25) is 0 Å². The summed E-state index contributed by atoms with van der Waals surface area (Å²) in [7, 11) is 1.58. The van der Waals surface area contributed by atoms with E-state index < -0.39 is 5.67 Å². The molecule has 1 aliphatic heterocycles. The van der Waals surface area contributed by atoms with Crippen LogP contribution >= 0.6 is 0 Å². The lowest BCUT2D eigenvalue weighted by Gasteiger charge is -2.34. The maximum Gasteiger partial charge on any atom is 0.264 e. The van der Waals surface area contributed by atoms with Crippen LogP contribution in [-0.4, -0.2) is 47.8 Å². The lowest BCUT2D eigenvalue weighted by atomic mass is 9.93. The maximum absolute atomic E-state index is 15.1. The molecule has 2 aromatic rings. The van der Waals surface area contributed by atoms with E-state index in [1.165, 1.54) is 6.26 Å². The van der Waals surface area contributed by atoms with Gasteiger partial charge in [-0.25, -0.2) is 4.39 Å². The van der Waals surface area contributed by atoms with Gasteiger partial charge in [-0.3, -0.25) is 4.79 Å². The highest BCUT2D eigenvalue weighted by atomic mass is 19.1. The lowest BCUT2D eigenvalue weighted by Crippen LogP contribution is -2.43. The standard InChI is InChI=1S/C16H20FN3O4/c1-11-12(3-10-23-11)14(21)20-7-5-16(17,6-8-20)15-18-13(19-24-15)4-9-22-2/h3,10H,4-9H2,1-2H3. The first-order valence-electron chi connectivity index (χ1n) is 7.88. The van der Waals surface area contributed by atoms with Gasteiger partial charge in [0.2, 0.25) is 0 Å². The molecule has 0 aliphatic carbocycles. The minimum absolute atomic E-state index is 0.0137. The van der Waals surface area contributed by atoms with Gasteiger partial charge in [-0.2, -0.15) is 4.98 Å². The molecule has 3 heterocycles. The van der Waals surface area contributed by atoms with Crippen molar-refractivity contribution in [2.24, 2.45) is 0 Å². The number of hydrogen-bond donors (Lipinski definition) is 0. The highest BCUT2D eigenvalue weighted by Crippen LogP contribution is 2.36. The Morgan fingerprint density at radius 3 is 2.83 bits per heavy atom. The molecule has 1 aliphatic rings. The van der Waals surface area contributed by atoms with Gasteiger partial charge in [0.25, 0.3) is 11.8 Å². The molecule has 1 saturated heterocycles. The highest BCUT2D eigenvalue weighted by Gasteiger charge is 2.42. The summed E-state index contributed by atoms with van der Waals surface area (Å²) in [6, 6.07) is 1.63. The zero-order valence-electron chi connectivity index (χ0n) is 13.7. The maximum atomic E-state index is 15.1. The number of carbonyl (C=O) groups excluding carboxylic acids is 1. The second kappa shape index (κ2) is 6.72. The number of nitrogens with zero attached hydrogens (tertiary/aromatic N) is 3. The summed E-state index contributed by atoms with van der Waals surface area (Å²) in [4.78, 5) is 18.2. The van der Waals surface area contributed by atoms with Crippen molar-refractivity contribution in [3.63, 3.8) is 0 Å². The summed E-state index contributed by atoms with van der Waals surface area (Å²) in [6.07, 6.45) is 2.20. The van der Waals surface area contributed by atoms with E-state index in [-0.39, 0.29) is 37.7 Å². The van der Waals surface area contributed by atoms with E-state index in [1.807, 2.05) is 0 Å². The van der Waals surface area contributed by atoms with Crippen LogP contribution in [0.5, 0.6) is 0 Å². The van der Waals surface area contributed by atoms with Gasteiger partial charge in [0, 0.05) is 39.5 Å². The number of hydrogen-bond acceptors (Lipinski definition) is 6. The number of halogens is 1. The average molecular weight is 337 g/mol. The first kappa shape index (κ1) is 16.6. The van der Waals surface area contributed by atoms with Crippen molar-refractivity contribution in [3.8, 4) is 0 Å². The number of furan rings is 1. The van der Waals surface area contributed by atoms with Crippen LogP contribution in [0.3, 0.4) is 0 Å². The molecule has 0 atom stereocenters. The molecule has 0 saturated carbocycles. The Labute approximate surface area is 138 Å². The van der Waals surface area contributed by atoms with Crippen LogP contribution in [0.4, 0.5) is 4.39 Å². The van der Waals surface area contributed by atoms with E-state index in [9.17, 15) is 4.79 Å². The minimum Gasteiger partial charge on any atom is -0.469 e. The molecule has 3 rings (SSSR count). The Bertz CT molecular complexity index is 704. The molecule has 0 unspecified atom stereocenters. The largest absolute Gasteiger partial charge is 0.469 e. The van der Waals surface area contributed by atoms with Crippen LogP contribution in [0.15, 0.2) is 21.3 Å². The van der Waals surface area contributed by atoms with Crippen molar-refractivity contribution in [2.45, 2.75) is 31.9 Å². The van der Waals surface area contributed by atoms with Gasteiger partial charge in [0.05, 0.1) is 18.4 Å². The predicted octanol–water partition coefficient (Wildman–Crippen LogP) is 2.26. The number of likely N-dealkylation sites (tertiary alicyclic amines) is 1. The van der Waals surface area contributed by atoms with Crippen LogP contribution < -0.4 is 0 Å². The minimum atomic E-state index is -1.69. The fourth-order valence-corrected chi connectivity index (χ4v) is 2.79. The third kappa shape index (κ3) is 3.19. The summed E-state index contributed by atoms with van der Waals surface area (Å²) >= 11 is 0. The van der Waals surface area contributed by atoms with Gasteiger partial charge in [-0.15, -0.1) is 0 Å². The van der Waals surface area contributed by atoms with E-state index in [4.69, 9.17) is 13.7 Å². The number of rotatable bonds is 5. The number of aryl methyl sites for hydroxylation is 1. The smallest absolute Gasteiger partial charge is 0.264 e. The highest BCUT2D eigenvalue weighted by molar-refractivity contribution is 5.95. The van der Waals surface area contributed by atoms with Gasteiger partial charge >= 0.3 is 0 Å². The molecule has 0 bridgehead atoms. The van der Waals surface area contributed by atoms with Gasteiger partial charge < -0.3 is 18.6 Å². The molecule has 1 fully saturated rings. The zero-order valence-corrected chi connectivity index (χ0v) is 13.7. The molecule has 0 aromatic carbocycles. The van der Waals surface area contributed by atoms with E-state index in [1.54, 1.807) is 25.0 Å². The fourth-order valence-electron chi connectivity index (χ4n) is 2.79. The molecule has 130 valence electrons. The molecular formula is C16H20FN3O4. The Kier molecular flexibility index (Phi) is 4.66. The van der Waals surface area contributed by atoms with Crippen LogP contribution in [-0.2, 0) is 16.8 Å². The summed E-state index contributed by atoms with van der Waals surface area (Å²) in [5, 5.41) is 3.78. The van der Waals surface area contributed by atoms with Crippen LogP contribution in [0, 0.1) is 6.92 Å². The number of carbonyl (C=O) groups is 1. The summed E-state index contributed by atoms with van der Waals surface area (Å²) in [5.41, 5.74) is -1.18. The quantitative estimate of drug-likeness (QED) is 0.832. The molecule has 2 aromatic heterocycles. The second-order valence-corrected chi connectivity index (χ2v) is 5.91. The lowest BCUT2D eigenvalue weighted by molar-refractivity contribution is 0.0248.